The van der Waals surface area contributed by atoms with E-state index in [-0.39, 0.29) is 17.9 Å². The molecule has 2 atom stereocenters. The number of hydrogen-bond donors (Lipinski definition) is 2. The zero-order chi connectivity index (χ0) is 15.9. The molecule has 0 aliphatic heterocycles. The van der Waals surface area contributed by atoms with Crippen molar-refractivity contribution >= 4 is 38.8 Å². The van der Waals surface area contributed by atoms with Crippen LogP contribution in [0, 0.1) is 12.8 Å². The third kappa shape index (κ3) is 2.75. The maximum Gasteiger partial charge on any atom is 0.306 e. The minimum atomic E-state index is -0.790. The first-order valence-corrected chi connectivity index (χ1v) is 7.97. The number of furan rings is 1. The fourth-order valence-electron chi connectivity index (χ4n) is 3.00. The van der Waals surface area contributed by atoms with Gasteiger partial charge in [-0.1, -0.05) is 15.9 Å². The van der Waals surface area contributed by atoms with Gasteiger partial charge >= 0.3 is 5.97 Å². The van der Waals surface area contributed by atoms with Gasteiger partial charge in [0.15, 0.2) is 5.76 Å². The van der Waals surface area contributed by atoms with Gasteiger partial charge in [-0.25, -0.2) is 0 Å². The number of rotatable bonds is 3. The summed E-state index contributed by atoms with van der Waals surface area (Å²) < 4.78 is 6.58. The van der Waals surface area contributed by atoms with Crippen LogP contribution in [0.4, 0.5) is 0 Å². The SMILES string of the molecule is Cc1c(C(=O)N[C@H]2CC[C@@H](C(=O)O)C2)oc2ccc(Br)cc12. The van der Waals surface area contributed by atoms with Gasteiger partial charge in [0.2, 0.25) is 0 Å². The summed E-state index contributed by atoms with van der Waals surface area (Å²) in [7, 11) is 0. The lowest BCUT2D eigenvalue weighted by Crippen LogP contribution is -2.33. The van der Waals surface area contributed by atoms with Crippen LogP contribution < -0.4 is 5.32 Å². The molecule has 1 aliphatic carbocycles. The van der Waals surface area contributed by atoms with Crippen LogP contribution in [-0.4, -0.2) is 23.0 Å². The Balaban J connectivity index is 1.78. The van der Waals surface area contributed by atoms with Crippen molar-refractivity contribution in [3.63, 3.8) is 0 Å². The molecule has 1 aliphatic rings. The molecular formula is C16H16BrNO4. The van der Waals surface area contributed by atoms with E-state index in [1.807, 2.05) is 25.1 Å². The third-order valence-electron chi connectivity index (χ3n) is 4.22. The van der Waals surface area contributed by atoms with Gasteiger partial charge in [0, 0.05) is 21.5 Å². The van der Waals surface area contributed by atoms with Gasteiger partial charge in [-0.15, -0.1) is 0 Å². The molecule has 3 rings (SSSR count). The molecular weight excluding hydrogens is 350 g/mol. The van der Waals surface area contributed by atoms with Crippen molar-refractivity contribution < 1.29 is 19.1 Å². The zero-order valence-electron chi connectivity index (χ0n) is 12.1. The smallest absolute Gasteiger partial charge is 0.306 e. The Hall–Kier alpha value is -1.82. The molecule has 1 heterocycles. The molecule has 0 unspecified atom stereocenters. The normalized spacial score (nSPS) is 21.2. The van der Waals surface area contributed by atoms with Crippen molar-refractivity contribution in [3.05, 3.63) is 34.0 Å². The molecule has 1 amide bonds. The monoisotopic (exact) mass is 365 g/mol. The second-order valence-corrected chi connectivity index (χ2v) is 6.63. The number of carboxylic acids is 1. The van der Waals surface area contributed by atoms with Crippen LogP contribution >= 0.6 is 15.9 Å². The Bertz CT molecular complexity index is 752. The summed E-state index contributed by atoms with van der Waals surface area (Å²) >= 11 is 3.41. The molecule has 116 valence electrons. The van der Waals surface area contributed by atoms with Gasteiger partial charge in [-0.05, 0) is 44.4 Å². The average Bonchev–Trinajstić information content (AvgIpc) is 3.05. The Kier molecular flexibility index (Phi) is 3.95. The maximum absolute atomic E-state index is 12.4. The molecule has 22 heavy (non-hydrogen) atoms. The lowest BCUT2D eigenvalue weighted by Gasteiger charge is -2.11. The van der Waals surface area contributed by atoms with Crippen molar-refractivity contribution in [1.82, 2.24) is 5.32 Å². The number of fused-ring (bicyclic) bond motifs is 1. The van der Waals surface area contributed by atoms with Crippen molar-refractivity contribution in [3.8, 4) is 0 Å². The molecule has 0 saturated heterocycles. The number of halogens is 1. The molecule has 0 radical (unpaired) electrons. The quantitative estimate of drug-likeness (QED) is 0.872. The molecule has 2 aromatic rings. The molecule has 1 aromatic heterocycles. The van der Waals surface area contributed by atoms with Gasteiger partial charge < -0.3 is 14.8 Å². The van der Waals surface area contributed by atoms with E-state index >= 15 is 0 Å². The van der Waals surface area contributed by atoms with Crippen LogP contribution in [0.2, 0.25) is 0 Å². The summed E-state index contributed by atoms with van der Waals surface area (Å²) in [6.07, 6.45) is 1.77. The highest BCUT2D eigenvalue weighted by Crippen LogP contribution is 2.29. The largest absolute Gasteiger partial charge is 0.481 e. The minimum absolute atomic E-state index is 0.104. The van der Waals surface area contributed by atoms with Crippen molar-refractivity contribution in [1.29, 1.82) is 0 Å². The Morgan fingerprint density at radius 1 is 1.36 bits per heavy atom. The fourth-order valence-corrected chi connectivity index (χ4v) is 3.36. The lowest BCUT2D eigenvalue weighted by molar-refractivity contribution is -0.141. The van der Waals surface area contributed by atoms with Gasteiger partial charge in [-0.3, -0.25) is 9.59 Å². The third-order valence-corrected chi connectivity index (χ3v) is 4.71. The minimum Gasteiger partial charge on any atom is -0.481 e. The first-order chi connectivity index (χ1) is 10.5. The number of benzene rings is 1. The van der Waals surface area contributed by atoms with Crippen LogP contribution in [0.5, 0.6) is 0 Å². The van der Waals surface area contributed by atoms with Crippen LogP contribution in [0.25, 0.3) is 11.0 Å². The molecule has 1 aromatic carbocycles. The van der Waals surface area contributed by atoms with Gasteiger partial charge in [0.05, 0.1) is 5.92 Å². The Labute approximate surface area is 135 Å². The van der Waals surface area contributed by atoms with E-state index in [0.717, 1.165) is 15.4 Å². The van der Waals surface area contributed by atoms with E-state index in [4.69, 9.17) is 9.52 Å². The predicted octanol–water partition coefficient (Wildman–Crippen LogP) is 3.49. The number of carbonyl (C=O) groups excluding carboxylic acids is 1. The van der Waals surface area contributed by atoms with Crippen molar-refractivity contribution in [2.45, 2.75) is 32.2 Å². The molecule has 1 fully saturated rings. The highest BCUT2D eigenvalue weighted by atomic mass is 79.9. The van der Waals surface area contributed by atoms with E-state index in [2.05, 4.69) is 21.2 Å². The van der Waals surface area contributed by atoms with Crippen LogP contribution in [-0.2, 0) is 4.79 Å². The van der Waals surface area contributed by atoms with Crippen LogP contribution in [0.3, 0.4) is 0 Å². The van der Waals surface area contributed by atoms with E-state index < -0.39 is 5.97 Å². The molecule has 2 N–H and O–H groups in total. The number of hydrogen-bond acceptors (Lipinski definition) is 3. The summed E-state index contributed by atoms with van der Waals surface area (Å²) in [6.45, 7) is 1.85. The number of carboxylic acid groups (broad SMARTS) is 1. The van der Waals surface area contributed by atoms with E-state index in [1.165, 1.54) is 0 Å². The highest BCUT2D eigenvalue weighted by Gasteiger charge is 2.31. The summed E-state index contributed by atoms with van der Waals surface area (Å²) in [5.41, 5.74) is 1.46. The van der Waals surface area contributed by atoms with Crippen molar-refractivity contribution in [2.75, 3.05) is 0 Å². The average molecular weight is 366 g/mol. The zero-order valence-corrected chi connectivity index (χ0v) is 13.6. The van der Waals surface area contributed by atoms with Gasteiger partial charge in [0.25, 0.3) is 5.91 Å². The lowest BCUT2D eigenvalue weighted by atomic mass is 10.1. The van der Waals surface area contributed by atoms with Crippen molar-refractivity contribution in [2.24, 2.45) is 5.92 Å². The van der Waals surface area contributed by atoms with E-state index in [0.29, 0.717) is 30.6 Å². The molecule has 6 heteroatoms. The summed E-state index contributed by atoms with van der Waals surface area (Å²) in [4.78, 5) is 23.4. The van der Waals surface area contributed by atoms with Crippen LogP contribution in [0.1, 0.15) is 35.4 Å². The maximum atomic E-state index is 12.4. The number of aryl methyl sites for hydroxylation is 1. The molecule has 5 nitrogen and oxygen atoms in total. The highest BCUT2D eigenvalue weighted by molar-refractivity contribution is 9.10. The molecule has 1 saturated carbocycles. The Morgan fingerprint density at radius 3 is 2.82 bits per heavy atom. The molecule has 0 bridgehead atoms. The second-order valence-electron chi connectivity index (χ2n) is 5.72. The number of amides is 1. The number of carbonyl (C=O) groups is 2. The number of nitrogens with one attached hydrogen (secondary N) is 1. The van der Waals surface area contributed by atoms with E-state index in [9.17, 15) is 9.59 Å². The van der Waals surface area contributed by atoms with Crippen LogP contribution in [0.15, 0.2) is 27.1 Å². The predicted molar refractivity (Wildman–Crippen MR) is 84.9 cm³/mol. The van der Waals surface area contributed by atoms with Gasteiger partial charge in [0.1, 0.15) is 5.58 Å². The summed E-state index contributed by atoms with van der Waals surface area (Å²) in [6, 6.07) is 5.50. The Morgan fingerprint density at radius 2 is 2.14 bits per heavy atom. The standard InChI is InChI=1S/C16H16BrNO4/c1-8-12-7-10(17)3-5-13(12)22-14(8)15(19)18-11-4-2-9(6-11)16(20)21/h3,5,7,9,11H,2,4,6H2,1H3,(H,18,19)(H,20,21)/t9-,11+/m1/s1. The fraction of sp³-hybridized carbons (Fsp3) is 0.375. The number of aliphatic carboxylic acids is 1. The first-order valence-electron chi connectivity index (χ1n) is 7.18. The topological polar surface area (TPSA) is 79.5 Å². The summed E-state index contributed by atoms with van der Waals surface area (Å²) in [5.74, 6) is -1.13. The first kappa shape index (κ1) is 15.1. The van der Waals surface area contributed by atoms with E-state index in [1.54, 1.807) is 0 Å². The van der Waals surface area contributed by atoms with Gasteiger partial charge in [-0.2, -0.15) is 0 Å². The second kappa shape index (κ2) is 5.76. The molecule has 0 spiro atoms. The summed E-state index contributed by atoms with van der Waals surface area (Å²) in [5, 5.41) is 12.8.